The van der Waals surface area contributed by atoms with Crippen molar-refractivity contribution >= 4 is 5.97 Å². The Balaban J connectivity index is 1.69. The lowest BCUT2D eigenvalue weighted by Crippen LogP contribution is -2.26. The average molecular weight is 293 g/mol. The molecule has 1 aromatic rings. The normalized spacial score (nSPS) is 18.6. The molecule has 1 unspecified atom stereocenters. The smallest absolute Gasteiger partial charge is 0.303 e. The quantitative estimate of drug-likeness (QED) is 0.796. The Morgan fingerprint density at radius 1 is 1.38 bits per heavy atom. The molecule has 1 fully saturated rings. The van der Waals surface area contributed by atoms with Crippen LogP contribution in [0.15, 0.2) is 24.3 Å². The topological polar surface area (TPSA) is 59.0 Å². The highest BCUT2D eigenvalue weighted by Gasteiger charge is 2.22. The van der Waals surface area contributed by atoms with Gasteiger partial charge in [-0.1, -0.05) is 12.1 Å². The van der Waals surface area contributed by atoms with Gasteiger partial charge in [0.05, 0.1) is 7.11 Å². The van der Waals surface area contributed by atoms with Gasteiger partial charge in [0.15, 0.2) is 11.5 Å². The number of para-hydroxylation sites is 2. The highest BCUT2D eigenvalue weighted by Crippen LogP contribution is 2.26. The van der Waals surface area contributed by atoms with Crippen LogP contribution in [0.4, 0.5) is 0 Å². The van der Waals surface area contributed by atoms with E-state index in [4.69, 9.17) is 14.6 Å². The van der Waals surface area contributed by atoms with Crippen molar-refractivity contribution < 1.29 is 19.4 Å². The van der Waals surface area contributed by atoms with E-state index in [9.17, 15) is 4.79 Å². The highest BCUT2D eigenvalue weighted by atomic mass is 16.5. The average Bonchev–Trinajstić information content (AvgIpc) is 2.93. The minimum absolute atomic E-state index is 0.274. The molecule has 1 atom stereocenters. The first-order valence-corrected chi connectivity index (χ1v) is 7.39. The van der Waals surface area contributed by atoms with E-state index >= 15 is 0 Å². The number of benzene rings is 1. The monoisotopic (exact) mass is 293 g/mol. The number of hydrogen-bond donors (Lipinski definition) is 1. The predicted molar refractivity (Wildman–Crippen MR) is 79.9 cm³/mol. The zero-order valence-electron chi connectivity index (χ0n) is 12.5. The number of nitrogens with zero attached hydrogens (tertiary/aromatic N) is 1. The second kappa shape index (κ2) is 7.88. The van der Waals surface area contributed by atoms with Gasteiger partial charge in [0, 0.05) is 19.5 Å². The summed E-state index contributed by atoms with van der Waals surface area (Å²) < 4.78 is 11.0. The zero-order chi connectivity index (χ0) is 15.1. The first-order valence-electron chi connectivity index (χ1n) is 7.39. The van der Waals surface area contributed by atoms with E-state index in [0.717, 1.165) is 44.0 Å². The number of hydrogen-bond acceptors (Lipinski definition) is 4. The van der Waals surface area contributed by atoms with E-state index < -0.39 is 5.97 Å². The molecule has 0 aromatic heterocycles. The summed E-state index contributed by atoms with van der Waals surface area (Å²) in [5, 5.41) is 8.71. The number of carbonyl (C=O) groups is 1. The second-order valence-electron chi connectivity index (χ2n) is 5.39. The summed E-state index contributed by atoms with van der Waals surface area (Å²) in [4.78, 5) is 12.9. The molecule has 1 saturated heterocycles. The van der Waals surface area contributed by atoms with Crippen LogP contribution >= 0.6 is 0 Å². The van der Waals surface area contributed by atoms with Gasteiger partial charge in [0.1, 0.15) is 6.61 Å². The molecule has 0 bridgehead atoms. The van der Waals surface area contributed by atoms with Crippen LogP contribution in [0.5, 0.6) is 11.5 Å². The molecular weight excluding hydrogens is 270 g/mol. The van der Waals surface area contributed by atoms with E-state index in [0.29, 0.717) is 12.5 Å². The number of aliphatic carboxylic acids is 1. The lowest BCUT2D eigenvalue weighted by atomic mass is 10.0. The van der Waals surface area contributed by atoms with Gasteiger partial charge in [-0.25, -0.2) is 0 Å². The maximum Gasteiger partial charge on any atom is 0.303 e. The first kappa shape index (κ1) is 15.6. The maximum absolute atomic E-state index is 10.6. The lowest BCUT2D eigenvalue weighted by Gasteiger charge is -2.17. The molecule has 21 heavy (non-hydrogen) atoms. The van der Waals surface area contributed by atoms with Crippen molar-refractivity contribution in [3.8, 4) is 11.5 Å². The highest BCUT2D eigenvalue weighted by molar-refractivity contribution is 5.66. The third-order valence-corrected chi connectivity index (χ3v) is 3.87. The van der Waals surface area contributed by atoms with Crippen LogP contribution in [0.25, 0.3) is 0 Å². The minimum atomic E-state index is -0.701. The number of carboxylic acids is 1. The molecule has 5 nitrogen and oxygen atoms in total. The second-order valence-corrected chi connectivity index (χ2v) is 5.39. The molecule has 0 radical (unpaired) electrons. The number of ether oxygens (including phenoxy) is 2. The molecule has 0 aliphatic carbocycles. The Labute approximate surface area is 125 Å². The Morgan fingerprint density at radius 3 is 2.86 bits per heavy atom. The van der Waals surface area contributed by atoms with Crippen LogP contribution in [0, 0.1) is 5.92 Å². The number of rotatable bonds is 8. The van der Waals surface area contributed by atoms with Crippen LogP contribution in [-0.2, 0) is 4.79 Å². The molecule has 116 valence electrons. The van der Waals surface area contributed by atoms with E-state index in [-0.39, 0.29) is 6.42 Å². The molecule has 5 heteroatoms. The van der Waals surface area contributed by atoms with Crippen molar-refractivity contribution in [2.75, 3.05) is 33.4 Å². The van der Waals surface area contributed by atoms with Gasteiger partial charge >= 0.3 is 5.97 Å². The third-order valence-electron chi connectivity index (χ3n) is 3.87. The predicted octanol–water partition coefficient (Wildman–Crippen LogP) is 2.26. The summed E-state index contributed by atoms with van der Waals surface area (Å²) in [6.45, 7) is 3.48. The lowest BCUT2D eigenvalue weighted by molar-refractivity contribution is -0.137. The summed E-state index contributed by atoms with van der Waals surface area (Å²) in [7, 11) is 1.63. The van der Waals surface area contributed by atoms with Crippen molar-refractivity contribution in [3.05, 3.63) is 24.3 Å². The van der Waals surface area contributed by atoms with Crippen LogP contribution in [0.2, 0.25) is 0 Å². The third kappa shape index (κ3) is 4.93. The van der Waals surface area contributed by atoms with Gasteiger partial charge in [-0.3, -0.25) is 9.69 Å². The van der Waals surface area contributed by atoms with E-state index in [1.54, 1.807) is 7.11 Å². The van der Waals surface area contributed by atoms with Crippen molar-refractivity contribution in [2.24, 2.45) is 5.92 Å². The van der Waals surface area contributed by atoms with E-state index in [1.807, 2.05) is 24.3 Å². The SMILES string of the molecule is COc1ccccc1OCCN1CCC(CCC(=O)O)C1. The summed E-state index contributed by atoms with van der Waals surface area (Å²) in [5.74, 6) is 1.32. The van der Waals surface area contributed by atoms with Gasteiger partial charge in [0.25, 0.3) is 0 Å². The Morgan fingerprint density at radius 2 is 2.14 bits per heavy atom. The van der Waals surface area contributed by atoms with Gasteiger partial charge in [-0.15, -0.1) is 0 Å². The van der Waals surface area contributed by atoms with E-state index in [1.165, 1.54) is 0 Å². The number of methoxy groups -OCH3 is 1. The molecule has 0 saturated carbocycles. The number of likely N-dealkylation sites (tertiary alicyclic amines) is 1. The standard InChI is InChI=1S/C16H23NO4/c1-20-14-4-2-3-5-15(14)21-11-10-17-9-8-13(12-17)6-7-16(18)19/h2-5,13H,6-12H2,1H3,(H,18,19). The van der Waals surface area contributed by atoms with Gasteiger partial charge in [-0.2, -0.15) is 0 Å². The molecular formula is C16H23NO4. The van der Waals surface area contributed by atoms with Gasteiger partial charge in [0.2, 0.25) is 0 Å². The Hall–Kier alpha value is -1.75. The van der Waals surface area contributed by atoms with Crippen molar-refractivity contribution in [1.29, 1.82) is 0 Å². The molecule has 1 aromatic carbocycles. The summed E-state index contributed by atoms with van der Waals surface area (Å²) >= 11 is 0. The minimum Gasteiger partial charge on any atom is -0.493 e. The van der Waals surface area contributed by atoms with Crippen molar-refractivity contribution in [3.63, 3.8) is 0 Å². The van der Waals surface area contributed by atoms with Crippen LogP contribution in [0.3, 0.4) is 0 Å². The maximum atomic E-state index is 10.6. The fraction of sp³-hybridized carbons (Fsp3) is 0.562. The van der Waals surface area contributed by atoms with Crippen molar-refractivity contribution in [2.45, 2.75) is 19.3 Å². The fourth-order valence-electron chi connectivity index (χ4n) is 2.70. The summed E-state index contributed by atoms with van der Waals surface area (Å²) in [5.41, 5.74) is 0. The zero-order valence-corrected chi connectivity index (χ0v) is 12.5. The van der Waals surface area contributed by atoms with Gasteiger partial charge in [-0.05, 0) is 37.4 Å². The fourth-order valence-corrected chi connectivity index (χ4v) is 2.70. The number of carboxylic acid groups (broad SMARTS) is 1. The summed E-state index contributed by atoms with van der Waals surface area (Å²) in [6, 6.07) is 7.63. The molecule has 1 N–H and O–H groups in total. The van der Waals surface area contributed by atoms with Crippen LogP contribution < -0.4 is 9.47 Å². The molecule has 1 heterocycles. The molecule has 0 spiro atoms. The first-order chi connectivity index (χ1) is 10.2. The van der Waals surface area contributed by atoms with Crippen molar-refractivity contribution in [1.82, 2.24) is 4.90 Å². The Bertz CT molecular complexity index is 463. The molecule has 2 rings (SSSR count). The van der Waals surface area contributed by atoms with Crippen LogP contribution in [-0.4, -0.2) is 49.3 Å². The van der Waals surface area contributed by atoms with Crippen LogP contribution in [0.1, 0.15) is 19.3 Å². The summed E-state index contributed by atoms with van der Waals surface area (Å²) in [6.07, 6.45) is 2.14. The Kier molecular flexibility index (Phi) is 5.87. The van der Waals surface area contributed by atoms with E-state index in [2.05, 4.69) is 4.90 Å². The molecule has 1 aliphatic heterocycles. The largest absolute Gasteiger partial charge is 0.493 e. The molecule has 1 aliphatic rings. The molecule has 0 amide bonds. The van der Waals surface area contributed by atoms with Gasteiger partial charge < -0.3 is 14.6 Å².